The summed E-state index contributed by atoms with van der Waals surface area (Å²) >= 11 is 3.36. The summed E-state index contributed by atoms with van der Waals surface area (Å²) in [5.41, 5.74) is 1.88. The summed E-state index contributed by atoms with van der Waals surface area (Å²) in [5.74, 6) is 0. The number of benzene rings is 1. The van der Waals surface area contributed by atoms with Crippen LogP contribution in [0.4, 0.5) is 10.5 Å². The standard InChI is InChI=1S/C12H15BrN2O/c1-3-9(2)8-14-12(16)15-11-7-5-4-6-10(11)13/h4-8H,3H2,1-2H3,(H2,14,15,16)/b9-8+. The van der Waals surface area contributed by atoms with Crippen molar-refractivity contribution in [1.29, 1.82) is 0 Å². The number of hydrogen-bond acceptors (Lipinski definition) is 1. The molecule has 1 aromatic rings. The van der Waals surface area contributed by atoms with Gasteiger partial charge in [-0.3, -0.25) is 0 Å². The van der Waals surface area contributed by atoms with Gasteiger partial charge < -0.3 is 10.6 Å². The zero-order valence-electron chi connectivity index (χ0n) is 9.38. The van der Waals surface area contributed by atoms with Gasteiger partial charge in [0.25, 0.3) is 0 Å². The van der Waals surface area contributed by atoms with Crippen LogP contribution in [0.25, 0.3) is 0 Å². The van der Waals surface area contributed by atoms with Crippen molar-refractivity contribution in [2.24, 2.45) is 0 Å². The Morgan fingerprint density at radius 1 is 1.44 bits per heavy atom. The van der Waals surface area contributed by atoms with Crippen LogP contribution in [0, 0.1) is 0 Å². The first-order valence-corrected chi connectivity index (χ1v) is 5.90. The molecule has 0 unspecified atom stereocenters. The first-order chi connectivity index (χ1) is 7.63. The molecule has 0 saturated heterocycles. The molecule has 4 heteroatoms. The molecule has 0 aromatic heterocycles. The van der Waals surface area contributed by atoms with Crippen molar-refractivity contribution in [3.63, 3.8) is 0 Å². The first-order valence-electron chi connectivity index (χ1n) is 5.11. The number of urea groups is 1. The van der Waals surface area contributed by atoms with Gasteiger partial charge in [0.2, 0.25) is 0 Å². The lowest BCUT2D eigenvalue weighted by atomic mass is 10.3. The Labute approximate surface area is 104 Å². The predicted octanol–water partition coefficient (Wildman–Crippen LogP) is 3.88. The molecule has 0 fully saturated rings. The van der Waals surface area contributed by atoms with Gasteiger partial charge in [-0.1, -0.05) is 24.6 Å². The van der Waals surface area contributed by atoms with E-state index in [0.29, 0.717) is 0 Å². The summed E-state index contributed by atoms with van der Waals surface area (Å²) in [7, 11) is 0. The Balaban J connectivity index is 2.56. The highest BCUT2D eigenvalue weighted by molar-refractivity contribution is 9.10. The average Bonchev–Trinajstić information content (AvgIpc) is 2.29. The van der Waals surface area contributed by atoms with E-state index < -0.39 is 0 Å². The zero-order valence-corrected chi connectivity index (χ0v) is 11.0. The van der Waals surface area contributed by atoms with Crippen LogP contribution in [0.2, 0.25) is 0 Å². The van der Waals surface area contributed by atoms with Gasteiger partial charge >= 0.3 is 6.03 Å². The maximum absolute atomic E-state index is 11.5. The van der Waals surface area contributed by atoms with Crippen LogP contribution in [-0.4, -0.2) is 6.03 Å². The molecule has 1 aromatic carbocycles. The highest BCUT2D eigenvalue weighted by atomic mass is 79.9. The molecule has 2 amide bonds. The van der Waals surface area contributed by atoms with Crippen molar-refractivity contribution < 1.29 is 4.79 Å². The Morgan fingerprint density at radius 3 is 2.75 bits per heavy atom. The Hall–Kier alpha value is -1.29. The van der Waals surface area contributed by atoms with Gasteiger partial charge in [-0.2, -0.15) is 0 Å². The van der Waals surface area contributed by atoms with E-state index in [-0.39, 0.29) is 6.03 Å². The van der Waals surface area contributed by atoms with Crippen molar-refractivity contribution in [3.05, 3.63) is 40.5 Å². The lowest BCUT2D eigenvalue weighted by molar-refractivity contribution is 0.255. The minimum absolute atomic E-state index is 0.236. The van der Waals surface area contributed by atoms with E-state index in [4.69, 9.17) is 0 Å². The number of halogens is 1. The predicted molar refractivity (Wildman–Crippen MR) is 70.3 cm³/mol. The van der Waals surface area contributed by atoms with E-state index >= 15 is 0 Å². The molecule has 0 bridgehead atoms. The second kappa shape index (κ2) is 6.33. The maximum atomic E-state index is 11.5. The van der Waals surface area contributed by atoms with Crippen LogP contribution < -0.4 is 10.6 Å². The fraction of sp³-hybridized carbons (Fsp3) is 0.250. The van der Waals surface area contributed by atoms with Crippen LogP contribution in [0.3, 0.4) is 0 Å². The summed E-state index contributed by atoms with van der Waals surface area (Å²) < 4.78 is 0.862. The number of anilines is 1. The Bertz CT molecular complexity index is 402. The van der Waals surface area contributed by atoms with Crippen molar-refractivity contribution >= 4 is 27.6 Å². The molecule has 0 spiro atoms. The molecule has 86 valence electrons. The summed E-state index contributed by atoms with van der Waals surface area (Å²) in [4.78, 5) is 11.5. The van der Waals surface area contributed by atoms with E-state index in [2.05, 4.69) is 26.6 Å². The second-order valence-corrected chi connectivity index (χ2v) is 4.28. The van der Waals surface area contributed by atoms with Gasteiger partial charge in [0, 0.05) is 10.7 Å². The van der Waals surface area contributed by atoms with Crippen LogP contribution in [-0.2, 0) is 0 Å². The number of carbonyl (C=O) groups is 1. The molecular weight excluding hydrogens is 268 g/mol. The van der Waals surface area contributed by atoms with Crippen LogP contribution in [0.5, 0.6) is 0 Å². The minimum atomic E-state index is -0.236. The summed E-state index contributed by atoms with van der Waals surface area (Å²) in [6.45, 7) is 4.01. The molecule has 0 radical (unpaired) electrons. The topological polar surface area (TPSA) is 41.1 Å². The van der Waals surface area contributed by atoms with Gasteiger partial charge in [0.05, 0.1) is 5.69 Å². The molecule has 0 aliphatic heterocycles. The second-order valence-electron chi connectivity index (χ2n) is 3.42. The number of nitrogens with one attached hydrogen (secondary N) is 2. The third kappa shape index (κ3) is 4.06. The molecule has 0 atom stereocenters. The molecule has 2 N–H and O–H groups in total. The number of allylic oxidation sites excluding steroid dienone is 1. The van der Waals surface area contributed by atoms with Gasteiger partial charge in [-0.25, -0.2) is 4.79 Å². The fourth-order valence-corrected chi connectivity index (χ4v) is 1.40. The van der Waals surface area contributed by atoms with Gasteiger partial charge in [-0.05, 0) is 41.4 Å². The third-order valence-corrected chi connectivity index (χ3v) is 2.82. The Kier molecular flexibility index (Phi) is 5.05. The minimum Gasteiger partial charge on any atom is -0.314 e. The van der Waals surface area contributed by atoms with E-state index in [1.54, 1.807) is 6.20 Å². The average molecular weight is 283 g/mol. The molecule has 1 rings (SSSR count). The normalized spacial score (nSPS) is 11.1. The Morgan fingerprint density at radius 2 is 2.12 bits per heavy atom. The SMILES string of the molecule is CC/C(C)=C/NC(=O)Nc1ccccc1Br. The van der Waals surface area contributed by atoms with E-state index in [9.17, 15) is 4.79 Å². The van der Waals surface area contributed by atoms with E-state index in [0.717, 1.165) is 22.2 Å². The highest BCUT2D eigenvalue weighted by Gasteiger charge is 2.02. The molecule has 0 saturated carbocycles. The maximum Gasteiger partial charge on any atom is 0.323 e. The quantitative estimate of drug-likeness (QED) is 0.868. The molecule has 0 aliphatic carbocycles. The molecule has 3 nitrogen and oxygen atoms in total. The number of carbonyl (C=O) groups excluding carboxylic acids is 1. The molecule has 16 heavy (non-hydrogen) atoms. The number of rotatable bonds is 3. The number of para-hydroxylation sites is 1. The van der Waals surface area contributed by atoms with Gasteiger partial charge in [0.1, 0.15) is 0 Å². The van der Waals surface area contributed by atoms with E-state index in [1.165, 1.54) is 0 Å². The lowest BCUT2D eigenvalue weighted by Crippen LogP contribution is -2.24. The van der Waals surface area contributed by atoms with Crippen LogP contribution in [0.1, 0.15) is 20.3 Å². The van der Waals surface area contributed by atoms with Crippen LogP contribution >= 0.6 is 15.9 Å². The summed E-state index contributed by atoms with van der Waals surface area (Å²) in [6, 6.07) is 7.24. The van der Waals surface area contributed by atoms with Gasteiger partial charge in [0.15, 0.2) is 0 Å². The molecular formula is C12H15BrN2O. The van der Waals surface area contributed by atoms with Crippen LogP contribution in [0.15, 0.2) is 40.5 Å². The summed E-state index contributed by atoms with van der Waals surface area (Å²) in [5, 5.41) is 5.42. The molecule has 0 heterocycles. The summed E-state index contributed by atoms with van der Waals surface area (Å²) in [6.07, 6.45) is 2.64. The van der Waals surface area contributed by atoms with Crippen molar-refractivity contribution in [3.8, 4) is 0 Å². The van der Waals surface area contributed by atoms with Crippen molar-refractivity contribution in [2.45, 2.75) is 20.3 Å². The highest BCUT2D eigenvalue weighted by Crippen LogP contribution is 2.20. The number of amides is 2. The first kappa shape index (κ1) is 12.8. The monoisotopic (exact) mass is 282 g/mol. The number of hydrogen-bond donors (Lipinski definition) is 2. The van der Waals surface area contributed by atoms with Crippen molar-refractivity contribution in [2.75, 3.05) is 5.32 Å². The lowest BCUT2D eigenvalue weighted by Gasteiger charge is -2.06. The molecule has 0 aliphatic rings. The zero-order chi connectivity index (χ0) is 12.0. The fourth-order valence-electron chi connectivity index (χ4n) is 1.01. The van der Waals surface area contributed by atoms with E-state index in [1.807, 2.05) is 38.1 Å². The smallest absolute Gasteiger partial charge is 0.314 e. The third-order valence-electron chi connectivity index (χ3n) is 2.13. The van der Waals surface area contributed by atoms with Crippen molar-refractivity contribution in [1.82, 2.24) is 5.32 Å². The van der Waals surface area contributed by atoms with Gasteiger partial charge in [-0.15, -0.1) is 0 Å². The largest absolute Gasteiger partial charge is 0.323 e.